The van der Waals surface area contributed by atoms with Gasteiger partial charge in [-0.2, -0.15) is 8.42 Å². The summed E-state index contributed by atoms with van der Waals surface area (Å²) in [6.45, 7) is 6.36. The smallest absolute Gasteiger partial charge is 0.363 e. The zero-order chi connectivity index (χ0) is 25.7. The molecule has 0 saturated carbocycles. The minimum absolute atomic E-state index is 0.0339. The maximum atomic E-state index is 12.7. The van der Waals surface area contributed by atoms with Gasteiger partial charge >= 0.3 is 16.1 Å². The van der Waals surface area contributed by atoms with E-state index in [0.29, 0.717) is 23.5 Å². The summed E-state index contributed by atoms with van der Waals surface area (Å²) in [6, 6.07) is 18.1. The van der Waals surface area contributed by atoms with Gasteiger partial charge in [0.1, 0.15) is 10.6 Å². The zero-order valence-corrected chi connectivity index (χ0v) is 20.9. The maximum absolute atomic E-state index is 12.7. The number of nitrogens with zero attached hydrogens (tertiary/aromatic N) is 1. The highest BCUT2D eigenvalue weighted by molar-refractivity contribution is 7.87. The monoisotopic (exact) mass is 507 g/mol. The molecule has 3 aromatic rings. The van der Waals surface area contributed by atoms with Gasteiger partial charge in [0, 0.05) is 5.56 Å². The van der Waals surface area contributed by atoms with Crippen LogP contribution in [-0.2, 0) is 19.6 Å². The van der Waals surface area contributed by atoms with Gasteiger partial charge in [-0.3, -0.25) is 0 Å². The van der Waals surface area contributed by atoms with E-state index >= 15 is 0 Å². The third-order valence-corrected chi connectivity index (χ3v) is 6.36. The van der Waals surface area contributed by atoms with E-state index in [4.69, 9.17) is 18.4 Å². The molecule has 0 saturated heterocycles. The van der Waals surface area contributed by atoms with Crippen LogP contribution >= 0.6 is 0 Å². The van der Waals surface area contributed by atoms with Crippen molar-refractivity contribution in [2.24, 2.45) is 4.99 Å². The number of ether oxygens (including phenoxy) is 3. The van der Waals surface area contributed by atoms with Gasteiger partial charge in [0.15, 0.2) is 17.2 Å². The fourth-order valence-electron chi connectivity index (χ4n) is 3.37. The Morgan fingerprint density at radius 3 is 2.25 bits per heavy atom. The second-order valence-electron chi connectivity index (χ2n) is 7.78. The molecule has 1 aliphatic heterocycles. The molecule has 3 aromatic carbocycles. The molecule has 8 nitrogen and oxygen atoms in total. The van der Waals surface area contributed by atoms with E-state index in [-0.39, 0.29) is 34.6 Å². The molecule has 1 heterocycles. The first-order valence-electron chi connectivity index (χ1n) is 11.3. The number of aryl methyl sites for hydroxylation is 1. The maximum Gasteiger partial charge on any atom is 0.363 e. The summed E-state index contributed by atoms with van der Waals surface area (Å²) in [5.41, 5.74) is 2.22. The highest BCUT2D eigenvalue weighted by Crippen LogP contribution is 2.32. The highest BCUT2D eigenvalue weighted by Gasteiger charge is 2.25. The van der Waals surface area contributed by atoms with Gasteiger partial charge in [-0.05, 0) is 80.9 Å². The predicted octanol–water partition coefficient (Wildman–Crippen LogP) is 4.90. The lowest BCUT2D eigenvalue weighted by atomic mass is 10.1. The quantitative estimate of drug-likeness (QED) is 0.231. The lowest BCUT2D eigenvalue weighted by Gasteiger charge is -2.12. The molecule has 9 heteroatoms. The number of esters is 1. The molecule has 0 unspecified atom stereocenters. The van der Waals surface area contributed by atoms with Crippen LogP contribution in [0.3, 0.4) is 0 Å². The highest BCUT2D eigenvalue weighted by atomic mass is 32.2. The molecule has 0 aliphatic carbocycles. The summed E-state index contributed by atoms with van der Waals surface area (Å²) in [5, 5.41) is 0. The van der Waals surface area contributed by atoms with E-state index in [1.165, 1.54) is 24.3 Å². The molecule has 186 valence electrons. The van der Waals surface area contributed by atoms with Crippen LogP contribution in [0.1, 0.15) is 30.5 Å². The molecule has 0 spiro atoms. The van der Waals surface area contributed by atoms with Gasteiger partial charge < -0.3 is 18.4 Å². The summed E-state index contributed by atoms with van der Waals surface area (Å²) in [4.78, 5) is 16.8. The first-order chi connectivity index (χ1) is 17.3. The number of carbonyl (C=O) groups is 1. The topological polar surface area (TPSA) is 100 Å². The number of hydrogen-bond acceptors (Lipinski definition) is 8. The average molecular weight is 508 g/mol. The second kappa shape index (κ2) is 10.7. The van der Waals surface area contributed by atoms with Crippen molar-refractivity contribution in [2.45, 2.75) is 25.7 Å². The van der Waals surface area contributed by atoms with Crippen LogP contribution in [0.25, 0.3) is 6.08 Å². The van der Waals surface area contributed by atoms with Crippen molar-refractivity contribution in [3.05, 3.63) is 89.1 Å². The Kier molecular flexibility index (Phi) is 7.40. The molecular weight excluding hydrogens is 482 g/mol. The Bertz CT molecular complexity index is 1420. The molecular formula is C27H25NO7S. The molecule has 0 N–H and O–H groups in total. The van der Waals surface area contributed by atoms with E-state index in [2.05, 4.69) is 4.99 Å². The Hall–Kier alpha value is -4.11. The molecule has 0 aromatic heterocycles. The summed E-state index contributed by atoms with van der Waals surface area (Å²) in [5.74, 6) is 0.538. The lowest BCUT2D eigenvalue weighted by Crippen LogP contribution is -2.11. The number of cyclic esters (lactones) is 1. The molecule has 0 amide bonds. The van der Waals surface area contributed by atoms with Gasteiger partial charge in [0.2, 0.25) is 5.90 Å². The third-order valence-electron chi connectivity index (χ3n) is 5.11. The van der Waals surface area contributed by atoms with Gasteiger partial charge in [-0.15, -0.1) is 0 Å². The molecule has 0 bridgehead atoms. The minimum Gasteiger partial charge on any atom is -0.494 e. The van der Waals surface area contributed by atoms with Gasteiger partial charge in [0.05, 0.1) is 13.2 Å². The van der Waals surface area contributed by atoms with Crippen molar-refractivity contribution in [1.29, 1.82) is 0 Å². The summed E-state index contributed by atoms with van der Waals surface area (Å²) in [6.07, 6.45) is 1.53. The number of benzene rings is 3. The molecule has 0 radical (unpaired) electrons. The first kappa shape index (κ1) is 25.0. The minimum atomic E-state index is -4.06. The summed E-state index contributed by atoms with van der Waals surface area (Å²) >= 11 is 0. The molecule has 0 atom stereocenters. The first-order valence-corrected chi connectivity index (χ1v) is 12.7. The van der Waals surface area contributed by atoms with E-state index in [1.807, 2.05) is 13.8 Å². The van der Waals surface area contributed by atoms with Crippen LogP contribution < -0.4 is 13.7 Å². The number of aliphatic imine (C=N–C) groups is 1. The van der Waals surface area contributed by atoms with Crippen molar-refractivity contribution in [3.63, 3.8) is 0 Å². The fourth-order valence-corrected chi connectivity index (χ4v) is 4.31. The van der Waals surface area contributed by atoms with Crippen molar-refractivity contribution in [1.82, 2.24) is 0 Å². The Labute approximate surface area is 209 Å². The van der Waals surface area contributed by atoms with Gasteiger partial charge in [-0.1, -0.05) is 23.8 Å². The molecule has 36 heavy (non-hydrogen) atoms. The van der Waals surface area contributed by atoms with Crippen LogP contribution in [-0.4, -0.2) is 33.5 Å². The SMILES string of the molecule is CCOc1ccc(C2=N/C(=C/c3ccc(OS(=O)(=O)c4ccc(C)cc4)c(OCC)c3)C(=O)O2)cc1. The lowest BCUT2D eigenvalue weighted by molar-refractivity contribution is -0.129. The number of hydrogen-bond donors (Lipinski definition) is 0. The summed E-state index contributed by atoms with van der Waals surface area (Å²) < 4.78 is 47.2. The molecule has 4 rings (SSSR count). The fraction of sp³-hybridized carbons (Fsp3) is 0.185. The summed E-state index contributed by atoms with van der Waals surface area (Å²) in [7, 11) is -4.06. The van der Waals surface area contributed by atoms with Gasteiger partial charge in [-0.25, -0.2) is 9.79 Å². The van der Waals surface area contributed by atoms with E-state index in [0.717, 1.165) is 5.56 Å². The molecule has 1 aliphatic rings. The number of carbonyl (C=O) groups excluding carboxylic acids is 1. The molecule has 0 fully saturated rings. The zero-order valence-electron chi connectivity index (χ0n) is 20.1. The van der Waals surface area contributed by atoms with E-state index in [9.17, 15) is 13.2 Å². The van der Waals surface area contributed by atoms with Crippen LogP contribution in [0.2, 0.25) is 0 Å². The van der Waals surface area contributed by atoms with Crippen LogP contribution in [0.5, 0.6) is 17.2 Å². The van der Waals surface area contributed by atoms with Crippen LogP contribution in [0.15, 0.2) is 82.3 Å². The average Bonchev–Trinajstić information content (AvgIpc) is 3.22. The van der Waals surface area contributed by atoms with Crippen LogP contribution in [0, 0.1) is 6.92 Å². The normalized spacial score (nSPS) is 14.4. The van der Waals surface area contributed by atoms with Crippen LogP contribution in [0.4, 0.5) is 0 Å². The Morgan fingerprint density at radius 1 is 0.889 bits per heavy atom. The van der Waals surface area contributed by atoms with E-state index in [1.54, 1.807) is 55.5 Å². The van der Waals surface area contributed by atoms with Crippen molar-refractivity contribution < 1.29 is 31.6 Å². The third kappa shape index (κ3) is 5.75. The van der Waals surface area contributed by atoms with Crippen molar-refractivity contribution in [2.75, 3.05) is 13.2 Å². The second-order valence-corrected chi connectivity index (χ2v) is 9.33. The number of rotatable bonds is 9. The van der Waals surface area contributed by atoms with Crippen molar-refractivity contribution >= 4 is 28.1 Å². The predicted molar refractivity (Wildman–Crippen MR) is 135 cm³/mol. The largest absolute Gasteiger partial charge is 0.494 e. The van der Waals surface area contributed by atoms with Crippen molar-refractivity contribution in [3.8, 4) is 17.2 Å². The van der Waals surface area contributed by atoms with Gasteiger partial charge in [0.25, 0.3) is 0 Å². The Morgan fingerprint density at radius 2 is 1.58 bits per heavy atom. The Balaban J connectivity index is 1.59. The standard InChI is InChI=1S/C27H25NO7S/c1-4-32-21-11-9-20(10-12-21)26-28-23(27(29)34-26)16-19-8-15-24(25(17-19)33-5-2)35-36(30,31)22-13-6-18(3)7-14-22/h6-17H,4-5H2,1-3H3/b23-16+. The van der Waals surface area contributed by atoms with E-state index < -0.39 is 16.1 Å².